The van der Waals surface area contributed by atoms with Gasteiger partial charge in [0.2, 0.25) is 10.0 Å². The Morgan fingerprint density at radius 3 is 2.66 bits per heavy atom. The predicted octanol–water partition coefficient (Wildman–Crippen LogP) is 6.14. The van der Waals surface area contributed by atoms with E-state index in [2.05, 4.69) is 9.62 Å². The summed E-state index contributed by atoms with van der Waals surface area (Å²) in [5.41, 5.74) is 3.26. The lowest BCUT2D eigenvalue weighted by Gasteiger charge is -2.44. The Hall–Kier alpha value is -3.08. The Bertz CT molecular complexity index is 1580. The molecule has 0 saturated heterocycles. The summed E-state index contributed by atoms with van der Waals surface area (Å²) in [5, 5.41) is -0.0868. The van der Waals surface area contributed by atoms with Crippen molar-refractivity contribution in [3.63, 3.8) is 0 Å². The van der Waals surface area contributed by atoms with E-state index >= 15 is 0 Å². The van der Waals surface area contributed by atoms with E-state index in [1.807, 2.05) is 37.3 Å². The highest BCUT2D eigenvalue weighted by atomic mass is 35.5. The van der Waals surface area contributed by atoms with Crippen molar-refractivity contribution < 1.29 is 27.5 Å². The van der Waals surface area contributed by atoms with Gasteiger partial charge in [-0.05, 0) is 112 Å². The summed E-state index contributed by atoms with van der Waals surface area (Å²) in [5.74, 6) is 0.392. The van der Waals surface area contributed by atoms with Crippen molar-refractivity contribution >= 4 is 39.1 Å². The first-order valence-electron chi connectivity index (χ1n) is 16.8. The first-order valence-corrected chi connectivity index (χ1v) is 18.8. The molecule has 2 amide bonds. The Morgan fingerprint density at radius 1 is 1.13 bits per heavy atom. The largest absolute Gasteiger partial charge is 0.487 e. The number of carbonyl (C=O) groups is 2. The van der Waals surface area contributed by atoms with Crippen molar-refractivity contribution in [2.24, 2.45) is 11.8 Å². The maximum atomic E-state index is 13.4. The number of aryl methyl sites for hydroxylation is 1. The molecule has 2 aromatic carbocycles. The van der Waals surface area contributed by atoms with E-state index in [4.69, 9.17) is 21.1 Å². The highest BCUT2D eigenvalue weighted by Crippen LogP contribution is 2.42. The van der Waals surface area contributed by atoms with E-state index in [0.29, 0.717) is 43.2 Å². The number of halogens is 1. The first kappa shape index (κ1) is 35.2. The van der Waals surface area contributed by atoms with Gasteiger partial charge in [-0.1, -0.05) is 36.7 Å². The minimum Gasteiger partial charge on any atom is -0.487 e. The second kappa shape index (κ2) is 15.4. The van der Waals surface area contributed by atoms with E-state index < -0.39 is 27.3 Å². The van der Waals surface area contributed by atoms with Crippen LogP contribution in [0.5, 0.6) is 5.75 Å². The maximum absolute atomic E-state index is 13.4. The van der Waals surface area contributed by atoms with E-state index in [9.17, 15) is 18.0 Å². The van der Waals surface area contributed by atoms with E-state index in [1.54, 1.807) is 44.1 Å². The average Bonchev–Trinajstić information content (AvgIpc) is 3.05. The summed E-state index contributed by atoms with van der Waals surface area (Å²) >= 11 is 6.35. The van der Waals surface area contributed by atoms with Crippen LogP contribution in [0.2, 0.25) is 5.02 Å². The van der Waals surface area contributed by atoms with Gasteiger partial charge in [0.05, 0.1) is 17.0 Å². The molecule has 2 bridgehead atoms. The molecule has 1 fully saturated rings. The van der Waals surface area contributed by atoms with Gasteiger partial charge in [0.15, 0.2) is 0 Å². The van der Waals surface area contributed by atoms with Gasteiger partial charge in [0.1, 0.15) is 18.5 Å². The molecule has 2 aliphatic heterocycles. The molecule has 2 heterocycles. The van der Waals surface area contributed by atoms with Gasteiger partial charge in [-0.3, -0.25) is 9.59 Å². The minimum atomic E-state index is -3.92. The van der Waals surface area contributed by atoms with Crippen molar-refractivity contribution in [3.8, 4) is 5.75 Å². The van der Waals surface area contributed by atoms with Crippen LogP contribution >= 0.6 is 11.6 Å². The third kappa shape index (κ3) is 8.51. The number of nitrogens with zero attached hydrogens (tertiary/aromatic N) is 2. The summed E-state index contributed by atoms with van der Waals surface area (Å²) in [6.07, 6.45) is 9.25. The number of sulfonamides is 1. The molecule has 1 saturated carbocycles. The number of fused-ring (bicyclic) bond motifs is 3. The molecular weight excluding hydrogens is 638 g/mol. The molecular formula is C36H48ClN3O6S. The Labute approximate surface area is 284 Å². The molecule has 256 valence electrons. The molecule has 5 rings (SSSR count). The quantitative estimate of drug-likeness (QED) is 0.386. The molecule has 0 aromatic heterocycles. The number of benzene rings is 2. The van der Waals surface area contributed by atoms with Crippen LogP contribution in [0.1, 0.15) is 80.3 Å². The number of carbonyl (C=O) groups excluding carboxylic acids is 2. The standard InChI is InChI=1S/C36H48ClN3O6S/c1-5-32(36(42)39(3)4)46-33-12-7-6-10-24(2)47(43,44)38-35(41)26-15-18-34-31(21-26)40(22-27-14-17-30(27)33)19-9-8-11-25-20-29(37)16-13-28(25)23-45-34/h7,12-13,15-16,18,20-21,24,27,30,32-33H,5-6,8-11,14,17,19,22-23H2,1-4H3,(H,38,41)/b12-7+/t24-,27+,30-,32+,33+/m1/s1. The molecule has 11 heteroatoms. The molecule has 9 nitrogen and oxygen atoms in total. The van der Waals surface area contributed by atoms with Crippen molar-refractivity contribution in [3.05, 3.63) is 70.3 Å². The van der Waals surface area contributed by atoms with Crippen molar-refractivity contribution in [1.29, 1.82) is 0 Å². The summed E-state index contributed by atoms with van der Waals surface area (Å²) in [7, 11) is -0.439. The van der Waals surface area contributed by atoms with Crippen LogP contribution in [0, 0.1) is 11.8 Å². The van der Waals surface area contributed by atoms with Gasteiger partial charge in [0, 0.05) is 37.8 Å². The van der Waals surface area contributed by atoms with Crippen LogP contribution in [0.4, 0.5) is 5.69 Å². The van der Waals surface area contributed by atoms with Crippen LogP contribution in [-0.4, -0.2) is 69.8 Å². The zero-order valence-corrected chi connectivity index (χ0v) is 29.5. The summed E-state index contributed by atoms with van der Waals surface area (Å²) < 4.78 is 41.7. The average molecular weight is 686 g/mol. The number of likely N-dealkylation sites (N-methyl/N-ethyl adjacent to an activating group) is 1. The third-order valence-corrected chi connectivity index (χ3v) is 11.8. The summed E-state index contributed by atoms with van der Waals surface area (Å²) in [6, 6.07) is 11.1. The summed E-state index contributed by atoms with van der Waals surface area (Å²) in [6.45, 7) is 5.36. The second-order valence-electron chi connectivity index (χ2n) is 13.3. The molecule has 1 N–H and O–H groups in total. The molecule has 0 spiro atoms. The smallest absolute Gasteiger partial charge is 0.264 e. The number of hydrogen-bond donors (Lipinski definition) is 1. The number of allylic oxidation sites excluding steroid dienone is 1. The molecule has 5 atom stereocenters. The number of amides is 2. The van der Waals surface area contributed by atoms with Crippen LogP contribution in [-0.2, 0) is 32.6 Å². The molecule has 0 radical (unpaired) electrons. The molecule has 47 heavy (non-hydrogen) atoms. The lowest BCUT2D eigenvalue weighted by atomic mass is 9.70. The zero-order valence-electron chi connectivity index (χ0n) is 27.9. The van der Waals surface area contributed by atoms with Crippen LogP contribution in [0.25, 0.3) is 0 Å². The van der Waals surface area contributed by atoms with Crippen LogP contribution in [0.15, 0.2) is 48.6 Å². The topological polar surface area (TPSA) is 105 Å². The molecule has 2 aromatic rings. The van der Waals surface area contributed by atoms with Gasteiger partial charge in [-0.15, -0.1) is 0 Å². The monoisotopic (exact) mass is 685 g/mol. The van der Waals surface area contributed by atoms with Crippen LogP contribution < -0.4 is 14.4 Å². The molecule has 3 aliphatic rings. The molecule has 0 unspecified atom stereocenters. The molecule has 1 aliphatic carbocycles. The Morgan fingerprint density at radius 2 is 1.94 bits per heavy atom. The number of rotatable bonds is 4. The lowest BCUT2D eigenvalue weighted by molar-refractivity contribution is -0.148. The Balaban J connectivity index is 1.53. The fourth-order valence-electron chi connectivity index (χ4n) is 6.72. The zero-order chi connectivity index (χ0) is 33.7. The maximum Gasteiger partial charge on any atom is 0.264 e. The van der Waals surface area contributed by atoms with E-state index in [-0.39, 0.29) is 29.4 Å². The van der Waals surface area contributed by atoms with Gasteiger partial charge in [-0.25, -0.2) is 13.1 Å². The highest BCUT2D eigenvalue weighted by Gasteiger charge is 2.40. The van der Waals surface area contributed by atoms with E-state index in [0.717, 1.165) is 55.5 Å². The van der Waals surface area contributed by atoms with Crippen LogP contribution in [0.3, 0.4) is 0 Å². The number of anilines is 1. The van der Waals surface area contributed by atoms with E-state index in [1.165, 1.54) is 0 Å². The normalized spacial score (nSPS) is 26.1. The SMILES string of the molecule is CC[C@H](O[C@H]1/C=C/CC[C@@H](C)S(=O)(=O)NC(=O)c2ccc3c(c2)N(CCCCc2cc(Cl)ccc2CO3)C[C@@H]2CC[C@H]21)C(=O)N(C)C. The lowest BCUT2D eigenvalue weighted by Crippen LogP contribution is -2.46. The van der Waals surface area contributed by atoms with Crippen molar-refractivity contribution in [2.75, 3.05) is 32.1 Å². The van der Waals surface area contributed by atoms with Gasteiger partial charge >= 0.3 is 0 Å². The number of ether oxygens (including phenoxy) is 2. The van der Waals surface area contributed by atoms with Gasteiger partial charge in [0.25, 0.3) is 11.8 Å². The fourth-order valence-corrected chi connectivity index (χ4v) is 7.94. The van der Waals surface area contributed by atoms with Gasteiger partial charge in [-0.2, -0.15) is 0 Å². The highest BCUT2D eigenvalue weighted by molar-refractivity contribution is 7.90. The predicted molar refractivity (Wildman–Crippen MR) is 185 cm³/mol. The first-order chi connectivity index (χ1) is 22.5. The summed E-state index contributed by atoms with van der Waals surface area (Å²) in [4.78, 5) is 30.2. The fraction of sp³-hybridized carbons (Fsp3) is 0.556. The minimum absolute atomic E-state index is 0.0626. The van der Waals surface area contributed by atoms with Crippen molar-refractivity contribution in [1.82, 2.24) is 9.62 Å². The Kier molecular flexibility index (Phi) is 11.6. The second-order valence-corrected chi connectivity index (χ2v) is 15.8. The number of nitrogens with one attached hydrogen (secondary N) is 1. The van der Waals surface area contributed by atoms with Crippen molar-refractivity contribution in [2.45, 2.75) is 89.3 Å². The van der Waals surface area contributed by atoms with Gasteiger partial charge < -0.3 is 19.3 Å². The third-order valence-electron chi connectivity index (χ3n) is 9.83. The number of hydrogen-bond acceptors (Lipinski definition) is 7.